The van der Waals surface area contributed by atoms with Gasteiger partial charge in [0.2, 0.25) is 17.7 Å². The van der Waals surface area contributed by atoms with Crippen molar-refractivity contribution in [1.82, 2.24) is 9.88 Å². The van der Waals surface area contributed by atoms with Crippen molar-refractivity contribution in [3.63, 3.8) is 0 Å². The maximum atomic E-state index is 13.7. The van der Waals surface area contributed by atoms with Crippen molar-refractivity contribution in [1.29, 1.82) is 0 Å². The summed E-state index contributed by atoms with van der Waals surface area (Å²) in [6.45, 7) is 1.68. The summed E-state index contributed by atoms with van der Waals surface area (Å²) in [5.74, 6) is -1.31. The Morgan fingerprint density at radius 3 is 2.54 bits per heavy atom. The Morgan fingerprint density at radius 2 is 1.78 bits per heavy atom. The summed E-state index contributed by atoms with van der Waals surface area (Å²) in [6, 6.07) is 17.6. The topological polar surface area (TPSA) is 99.3 Å². The molecule has 37 heavy (non-hydrogen) atoms. The molecule has 2 saturated carbocycles. The van der Waals surface area contributed by atoms with Crippen molar-refractivity contribution in [3.8, 4) is 0 Å². The summed E-state index contributed by atoms with van der Waals surface area (Å²) in [5.41, 5.74) is 2.81. The highest BCUT2D eigenvalue weighted by Gasteiger charge is 2.69. The number of aromatic nitrogens is 1. The Bertz CT molecular complexity index is 1500. The van der Waals surface area contributed by atoms with Gasteiger partial charge in [0.05, 0.1) is 16.9 Å². The van der Waals surface area contributed by atoms with E-state index in [1.54, 1.807) is 17.8 Å². The number of imide groups is 1. The average Bonchev–Trinajstić information content (AvgIpc) is 3.60. The lowest BCUT2D eigenvalue weighted by Crippen LogP contribution is -2.42. The predicted octanol–water partition coefficient (Wildman–Crippen LogP) is 3.86. The molecule has 7 atom stereocenters. The Balaban J connectivity index is 1.19. The molecule has 2 aliphatic heterocycles. The molecular weight excluding hydrogens is 506 g/mol. The van der Waals surface area contributed by atoms with Crippen LogP contribution in [0.4, 0.5) is 5.69 Å². The Hall–Kier alpha value is -3.17. The van der Waals surface area contributed by atoms with Crippen LogP contribution in [0.15, 0.2) is 64.4 Å². The number of nitrogens with one attached hydrogen (secondary N) is 2. The molecule has 2 aromatic carbocycles. The fourth-order valence-electron chi connectivity index (χ4n) is 7.33. The fourth-order valence-corrected chi connectivity index (χ4v) is 10.2. The molecule has 0 unspecified atom stereocenters. The number of carbonyl (C=O) groups is 3. The molecule has 3 amide bonds. The van der Waals surface area contributed by atoms with Crippen LogP contribution in [0.5, 0.6) is 0 Å². The van der Waals surface area contributed by atoms with E-state index >= 15 is 0 Å². The summed E-state index contributed by atoms with van der Waals surface area (Å²) < 4.78 is 0. The van der Waals surface area contributed by atoms with E-state index in [9.17, 15) is 19.2 Å². The first-order valence-corrected chi connectivity index (χ1v) is 14.3. The van der Waals surface area contributed by atoms with Gasteiger partial charge in [0, 0.05) is 21.7 Å². The molecule has 2 N–H and O–H groups in total. The number of thiazole rings is 1. The molecule has 2 aliphatic carbocycles. The average molecular weight is 532 g/mol. The Kier molecular flexibility index (Phi) is 5.23. The van der Waals surface area contributed by atoms with E-state index in [0.29, 0.717) is 5.69 Å². The molecule has 3 aromatic rings. The van der Waals surface area contributed by atoms with Gasteiger partial charge in [0.1, 0.15) is 6.54 Å². The van der Waals surface area contributed by atoms with Crippen LogP contribution >= 0.6 is 23.1 Å². The minimum absolute atomic E-state index is 0.0175. The monoisotopic (exact) mass is 531 g/mol. The molecule has 188 valence electrons. The fraction of sp³-hybridized carbons (Fsp3) is 0.357. The van der Waals surface area contributed by atoms with E-state index in [1.807, 2.05) is 43.3 Å². The summed E-state index contributed by atoms with van der Waals surface area (Å²) in [5, 5.41) is 3.87. The number of likely N-dealkylation sites (tertiary alicyclic amines) is 1. The number of nitrogens with zero attached hydrogens (tertiary/aromatic N) is 1. The van der Waals surface area contributed by atoms with E-state index in [2.05, 4.69) is 22.4 Å². The van der Waals surface area contributed by atoms with Crippen molar-refractivity contribution < 1.29 is 14.4 Å². The third-order valence-corrected chi connectivity index (χ3v) is 11.2. The number of carbonyl (C=O) groups excluding carboxylic acids is 3. The lowest BCUT2D eigenvalue weighted by Gasteiger charge is -2.43. The molecule has 4 aliphatic rings. The summed E-state index contributed by atoms with van der Waals surface area (Å²) in [7, 11) is 0. The van der Waals surface area contributed by atoms with Gasteiger partial charge in [0.25, 0.3) is 0 Å². The predicted molar refractivity (Wildman–Crippen MR) is 141 cm³/mol. The normalized spacial score (nSPS) is 31.3. The van der Waals surface area contributed by atoms with Crippen LogP contribution in [0.1, 0.15) is 28.3 Å². The van der Waals surface area contributed by atoms with Crippen LogP contribution in [0, 0.1) is 36.5 Å². The van der Waals surface area contributed by atoms with Gasteiger partial charge in [-0.15, -0.1) is 11.8 Å². The summed E-state index contributed by atoms with van der Waals surface area (Å²) in [4.78, 5) is 57.5. The number of H-pyrrole nitrogens is 1. The second-order valence-electron chi connectivity index (χ2n) is 10.6. The molecule has 7 rings (SSSR count). The SMILES string of the molecule is Cc1cccc(NC(=O)CN2C(=O)[C@@H]3[C@@H]4C[C@H]([C@H]5Sc6[nH]c(=O)sc6[C@@H](c6ccccc6)[C@H]45)[C@@H]3C2=O)c1. The minimum atomic E-state index is -0.394. The highest BCUT2D eigenvalue weighted by molar-refractivity contribution is 8.00. The van der Waals surface area contributed by atoms with Crippen LogP contribution in [-0.4, -0.2) is 39.4 Å². The Labute approximate surface area is 221 Å². The maximum absolute atomic E-state index is 13.7. The van der Waals surface area contributed by atoms with E-state index in [0.717, 1.165) is 27.5 Å². The Morgan fingerprint density at radius 1 is 1.03 bits per heavy atom. The zero-order valence-corrected chi connectivity index (χ0v) is 21.7. The van der Waals surface area contributed by atoms with Crippen molar-refractivity contribution in [2.45, 2.75) is 29.5 Å². The summed E-state index contributed by atoms with van der Waals surface area (Å²) >= 11 is 2.93. The standard InChI is InChI=1S/C28H25N3O4S2/c1-13-6-5-9-15(10-13)29-18(32)12-31-26(33)21-16-11-17(22(21)27(31)34)23-20(16)19(14-7-3-2-4-8-14)24-25(36-23)30-28(35)37-24/h2-10,16-17,19-23H,11-12H2,1H3,(H,29,32)(H,30,35)/t16-,17+,19+,20+,21-,22+,23-/m1/s1. The van der Waals surface area contributed by atoms with Gasteiger partial charge in [-0.2, -0.15) is 0 Å². The summed E-state index contributed by atoms with van der Waals surface area (Å²) in [6.07, 6.45) is 0.834. The zero-order valence-electron chi connectivity index (χ0n) is 20.0. The number of anilines is 1. The molecule has 0 spiro atoms. The molecule has 0 radical (unpaired) electrons. The van der Waals surface area contributed by atoms with Crippen molar-refractivity contribution in [2.75, 3.05) is 11.9 Å². The second kappa shape index (κ2) is 8.43. The molecule has 1 saturated heterocycles. The maximum Gasteiger partial charge on any atom is 0.305 e. The van der Waals surface area contributed by atoms with Crippen LogP contribution in [0.3, 0.4) is 0 Å². The molecule has 1 aromatic heterocycles. The van der Waals surface area contributed by atoms with Crippen LogP contribution in [0.2, 0.25) is 0 Å². The number of amides is 3. The van der Waals surface area contributed by atoms with Gasteiger partial charge < -0.3 is 10.3 Å². The van der Waals surface area contributed by atoms with Gasteiger partial charge in [-0.25, -0.2) is 0 Å². The van der Waals surface area contributed by atoms with Crippen LogP contribution in [-0.2, 0) is 14.4 Å². The molecule has 3 fully saturated rings. The number of benzene rings is 2. The molecule has 3 heterocycles. The van der Waals surface area contributed by atoms with Crippen LogP contribution in [0.25, 0.3) is 0 Å². The first-order valence-electron chi connectivity index (χ1n) is 12.6. The molecular formula is C28H25N3O4S2. The number of hydrogen-bond acceptors (Lipinski definition) is 6. The third kappa shape index (κ3) is 3.47. The number of aromatic amines is 1. The number of aryl methyl sites for hydroxylation is 1. The van der Waals surface area contributed by atoms with Gasteiger partial charge in [-0.1, -0.05) is 53.8 Å². The quantitative estimate of drug-likeness (QED) is 0.498. The molecule has 7 nitrogen and oxygen atoms in total. The van der Waals surface area contributed by atoms with Gasteiger partial charge in [-0.05, 0) is 54.4 Å². The van der Waals surface area contributed by atoms with Crippen molar-refractivity contribution in [3.05, 3.63) is 80.3 Å². The van der Waals surface area contributed by atoms with E-state index < -0.39 is 5.92 Å². The third-order valence-electron chi connectivity index (χ3n) is 8.58. The molecule has 9 heteroatoms. The second-order valence-corrected chi connectivity index (χ2v) is 12.8. The van der Waals surface area contributed by atoms with E-state index in [4.69, 9.17) is 0 Å². The number of fused-ring (bicyclic) bond motifs is 9. The largest absolute Gasteiger partial charge is 0.325 e. The first kappa shape index (κ1) is 23.0. The highest BCUT2D eigenvalue weighted by atomic mass is 32.2. The van der Waals surface area contributed by atoms with E-state index in [1.165, 1.54) is 16.2 Å². The van der Waals surface area contributed by atoms with Gasteiger partial charge in [0.15, 0.2) is 0 Å². The minimum Gasteiger partial charge on any atom is -0.325 e. The van der Waals surface area contributed by atoms with E-state index in [-0.39, 0.29) is 64.0 Å². The van der Waals surface area contributed by atoms with Crippen LogP contribution < -0.4 is 10.2 Å². The molecule has 2 bridgehead atoms. The smallest absolute Gasteiger partial charge is 0.305 e. The van der Waals surface area contributed by atoms with Gasteiger partial charge in [-0.3, -0.25) is 24.1 Å². The lowest BCUT2D eigenvalue weighted by molar-refractivity contribution is -0.143. The zero-order chi connectivity index (χ0) is 25.4. The first-order chi connectivity index (χ1) is 17.9. The van der Waals surface area contributed by atoms with Gasteiger partial charge >= 0.3 is 4.87 Å². The lowest BCUT2D eigenvalue weighted by atomic mass is 9.68. The highest BCUT2D eigenvalue weighted by Crippen LogP contribution is 2.68. The number of hydrogen-bond donors (Lipinski definition) is 2. The van der Waals surface area contributed by atoms with Crippen molar-refractivity contribution >= 4 is 46.5 Å². The van der Waals surface area contributed by atoms with Crippen molar-refractivity contribution in [2.24, 2.45) is 29.6 Å². The number of rotatable bonds is 4. The number of thioether (sulfide) groups is 1.